The second kappa shape index (κ2) is 3.75. The molecule has 1 heterocycles. The van der Waals surface area contributed by atoms with Crippen LogP contribution in [0.1, 0.15) is 34.5 Å². The highest BCUT2D eigenvalue weighted by molar-refractivity contribution is 8.14. The zero-order chi connectivity index (χ0) is 10.1. The summed E-state index contributed by atoms with van der Waals surface area (Å²) in [5.41, 5.74) is 1.74. The van der Waals surface area contributed by atoms with Crippen LogP contribution < -0.4 is 0 Å². The monoisotopic (exact) mass is 208 g/mol. The molecule has 1 aromatic carbocycles. The smallest absolute Gasteiger partial charge is 0.220 e. The first-order valence-corrected chi connectivity index (χ1v) is 5.60. The Hall–Kier alpha value is -0.800. The lowest BCUT2D eigenvalue weighted by atomic mass is 10.0. The van der Waals surface area contributed by atoms with E-state index < -0.39 is 6.10 Å². The lowest BCUT2D eigenvalue weighted by Gasteiger charge is -2.15. The van der Waals surface area contributed by atoms with Crippen LogP contribution in [-0.2, 0) is 0 Å². The van der Waals surface area contributed by atoms with E-state index in [0.29, 0.717) is 6.42 Å². The number of hydrogen-bond donors (Lipinski definition) is 1. The Morgan fingerprint density at radius 3 is 2.93 bits per heavy atom. The average molecular weight is 208 g/mol. The molecule has 0 fully saturated rings. The lowest BCUT2D eigenvalue weighted by Crippen LogP contribution is -2.12. The van der Waals surface area contributed by atoms with Crippen molar-refractivity contribution >= 4 is 16.9 Å². The van der Waals surface area contributed by atoms with Crippen LogP contribution >= 0.6 is 11.8 Å². The standard InChI is InChI=1S/C11H12O2S/c1-2-9(12)10-7-5-3-4-6-8(7)11(13)14-10/h3-6,9-10,12H,2H2,1H3. The zero-order valence-corrected chi connectivity index (χ0v) is 8.75. The molecule has 2 unspecified atom stereocenters. The van der Waals surface area contributed by atoms with Crippen LogP contribution in [-0.4, -0.2) is 16.3 Å². The zero-order valence-electron chi connectivity index (χ0n) is 7.93. The fourth-order valence-corrected chi connectivity index (χ4v) is 2.90. The Labute approximate surface area is 87.3 Å². The van der Waals surface area contributed by atoms with Crippen molar-refractivity contribution in [2.75, 3.05) is 0 Å². The molecule has 2 nitrogen and oxygen atoms in total. The van der Waals surface area contributed by atoms with Crippen molar-refractivity contribution < 1.29 is 9.90 Å². The summed E-state index contributed by atoms with van der Waals surface area (Å²) < 4.78 is 0. The molecule has 2 atom stereocenters. The molecule has 3 heteroatoms. The molecule has 0 radical (unpaired) electrons. The summed E-state index contributed by atoms with van der Waals surface area (Å²) in [6.45, 7) is 1.93. The largest absolute Gasteiger partial charge is 0.392 e. The van der Waals surface area contributed by atoms with Crippen molar-refractivity contribution in [1.82, 2.24) is 0 Å². The van der Waals surface area contributed by atoms with Crippen molar-refractivity contribution in [3.8, 4) is 0 Å². The Morgan fingerprint density at radius 1 is 1.50 bits per heavy atom. The first-order chi connectivity index (χ1) is 6.74. The molecule has 74 valence electrons. The Balaban J connectivity index is 2.39. The Morgan fingerprint density at radius 2 is 2.21 bits per heavy atom. The van der Waals surface area contributed by atoms with Gasteiger partial charge in [0.2, 0.25) is 5.12 Å². The molecule has 0 spiro atoms. The van der Waals surface area contributed by atoms with Gasteiger partial charge in [-0.15, -0.1) is 0 Å². The molecule has 0 bridgehead atoms. The van der Waals surface area contributed by atoms with Crippen LogP contribution in [0.15, 0.2) is 24.3 Å². The van der Waals surface area contributed by atoms with E-state index in [0.717, 1.165) is 11.1 Å². The minimum Gasteiger partial charge on any atom is -0.392 e. The fourth-order valence-electron chi connectivity index (χ4n) is 1.67. The molecule has 1 aliphatic rings. The third kappa shape index (κ3) is 1.47. The van der Waals surface area contributed by atoms with Gasteiger partial charge in [-0.1, -0.05) is 43.0 Å². The Kier molecular flexibility index (Phi) is 2.61. The highest BCUT2D eigenvalue weighted by Gasteiger charge is 2.33. The summed E-state index contributed by atoms with van der Waals surface area (Å²) in [4.78, 5) is 11.5. The average Bonchev–Trinajstić information content (AvgIpc) is 2.56. The summed E-state index contributed by atoms with van der Waals surface area (Å²) in [5, 5.41) is 9.76. The molecule has 0 amide bonds. The van der Waals surface area contributed by atoms with Crippen LogP contribution in [0, 0.1) is 0 Å². The third-order valence-electron chi connectivity index (χ3n) is 2.49. The number of thioether (sulfide) groups is 1. The molecule has 14 heavy (non-hydrogen) atoms. The molecular formula is C11H12O2S. The van der Waals surface area contributed by atoms with Crippen molar-refractivity contribution in [1.29, 1.82) is 0 Å². The van der Waals surface area contributed by atoms with Crippen LogP contribution in [0.3, 0.4) is 0 Å². The van der Waals surface area contributed by atoms with Gasteiger partial charge in [-0.2, -0.15) is 0 Å². The molecule has 0 saturated carbocycles. The van der Waals surface area contributed by atoms with Gasteiger partial charge in [0.15, 0.2) is 0 Å². The van der Waals surface area contributed by atoms with Crippen LogP contribution in [0.25, 0.3) is 0 Å². The number of aliphatic hydroxyl groups is 1. The second-order valence-corrected chi connectivity index (χ2v) is 4.50. The first kappa shape index (κ1) is 9.74. The van der Waals surface area contributed by atoms with Gasteiger partial charge < -0.3 is 5.11 Å². The number of aliphatic hydroxyl groups excluding tert-OH is 1. The topological polar surface area (TPSA) is 37.3 Å². The number of carbonyl (C=O) groups is 1. The lowest BCUT2D eigenvalue weighted by molar-refractivity contribution is 0.109. The van der Waals surface area contributed by atoms with Gasteiger partial charge in [-0.25, -0.2) is 0 Å². The molecule has 1 aliphatic heterocycles. The quantitative estimate of drug-likeness (QED) is 0.810. The summed E-state index contributed by atoms with van der Waals surface area (Å²) >= 11 is 1.24. The van der Waals surface area contributed by atoms with E-state index in [1.807, 2.05) is 31.2 Å². The molecule has 0 aromatic heterocycles. The molecule has 2 rings (SSSR count). The number of fused-ring (bicyclic) bond motifs is 1. The maximum Gasteiger partial charge on any atom is 0.220 e. The molecular weight excluding hydrogens is 196 g/mol. The third-order valence-corrected chi connectivity index (χ3v) is 3.75. The fraction of sp³-hybridized carbons (Fsp3) is 0.364. The number of hydrogen-bond acceptors (Lipinski definition) is 3. The molecule has 0 aliphatic carbocycles. The number of rotatable bonds is 2. The van der Waals surface area contributed by atoms with E-state index in [-0.39, 0.29) is 10.4 Å². The van der Waals surface area contributed by atoms with Gasteiger partial charge >= 0.3 is 0 Å². The van der Waals surface area contributed by atoms with Gasteiger partial charge in [-0.05, 0) is 12.0 Å². The predicted molar refractivity (Wildman–Crippen MR) is 57.4 cm³/mol. The van der Waals surface area contributed by atoms with Crippen molar-refractivity contribution in [2.45, 2.75) is 24.7 Å². The van der Waals surface area contributed by atoms with Gasteiger partial charge in [0, 0.05) is 5.56 Å². The molecule has 1 aromatic rings. The summed E-state index contributed by atoms with van der Waals surface area (Å²) in [7, 11) is 0. The van der Waals surface area contributed by atoms with Gasteiger partial charge in [0.25, 0.3) is 0 Å². The van der Waals surface area contributed by atoms with E-state index >= 15 is 0 Å². The van der Waals surface area contributed by atoms with Crippen LogP contribution in [0.2, 0.25) is 0 Å². The van der Waals surface area contributed by atoms with Crippen molar-refractivity contribution in [3.63, 3.8) is 0 Å². The minimum atomic E-state index is -0.424. The molecule has 0 saturated heterocycles. The number of carbonyl (C=O) groups excluding carboxylic acids is 1. The first-order valence-electron chi connectivity index (χ1n) is 4.72. The molecule has 1 N–H and O–H groups in total. The van der Waals surface area contributed by atoms with E-state index in [1.54, 1.807) is 0 Å². The maximum atomic E-state index is 11.5. The van der Waals surface area contributed by atoms with Crippen molar-refractivity contribution in [3.05, 3.63) is 35.4 Å². The summed E-state index contributed by atoms with van der Waals surface area (Å²) in [6.07, 6.45) is 0.256. The van der Waals surface area contributed by atoms with E-state index in [9.17, 15) is 9.90 Å². The highest BCUT2D eigenvalue weighted by atomic mass is 32.2. The van der Waals surface area contributed by atoms with Gasteiger partial charge in [-0.3, -0.25) is 4.79 Å². The Bertz CT molecular complexity index is 362. The number of benzene rings is 1. The summed E-state index contributed by atoms with van der Waals surface area (Å²) in [5.74, 6) is 0. The van der Waals surface area contributed by atoms with Crippen LogP contribution in [0.5, 0.6) is 0 Å². The van der Waals surface area contributed by atoms with Gasteiger partial charge in [0.1, 0.15) is 0 Å². The SMILES string of the molecule is CCC(O)C1SC(=O)c2ccccc21. The summed E-state index contributed by atoms with van der Waals surface area (Å²) in [6, 6.07) is 7.52. The van der Waals surface area contributed by atoms with Gasteiger partial charge in [0.05, 0.1) is 11.4 Å². The van der Waals surface area contributed by atoms with Crippen molar-refractivity contribution in [2.24, 2.45) is 0 Å². The normalized spacial score (nSPS) is 22.1. The van der Waals surface area contributed by atoms with E-state index in [4.69, 9.17) is 0 Å². The maximum absolute atomic E-state index is 11.5. The van der Waals surface area contributed by atoms with E-state index in [1.165, 1.54) is 11.8 Å². The van der Waals surface area contributed by atoms with E-state index in [2.05, 4.69) is 0 Å². The highest BCUT2D eigenvalue weighted by Crippen LogP contribution is 2.43. The predicted octanol–water partition coefficient (Wildman–Crippen LogP) is 2.39. The minimum absolute atomic E-state index is 0.0660. The van der Waals surface area contributed by atoms with Crippen LogP contribution in [0.4, 0.5) is 0 Å². The second-order valence-electron chi connectivity index (χ2n) is 3.39.